The van der Waals surface area contributed by atoms with E-state index in [0.29, 0.717) is 39.7 Å². The normalized spacial score (nSPS) is 17.2. The zero-order valence-corrected chi connectivity index (χ0v) is 18.5. The summed E-state index contributed by atoms with van der Waals surface area (Å²) < 4.78 is 21.7. The van der Waals surface area contributed by atoms with E-state index in [4.69, 9.17) is 9.72 Å². The van der Waals surface area contributed by atoms with Gasteiger partial charge in [-0.2, -0.15) is 5.26 Å². The maximum Gasteiger partial charge on any atom is 0.234 e. The number of aliphatic hydroxyl groups is 1. The highest BCUT2D eigenvalue weighted by atomic mass is 19.1. The molecular weight excluding hydrogens is 431 g/mol. The Kier molecular flexibility index (Phi) is 4.71. The van der Waals surface area contributed by atoms with Crippen molar-refractivity contribution in [2.45, 2.75) is 38.4 Å². The zero-order valence-electron chi connectivity index (χ0n) is 18.5. The second-order valence-corrected chi connectivity index (χ2v) is 8.81. The fourth-order valence-corrected chi connectivity index (χ4v) is 4.74. The summed E-state index contributed by atoms with van der Waals surface area (Å²) in [5.74, 6) is 0.909. The highest BCUT2D eigenvalue weighted by Crippen LogP contribution is 2.44. The number of nitriles is 1. The Balaban J connectivity index is 1.48. The van der Waals surface area contributed by atoms with Gasteiger partial charge in [0.2, 0.25) is 5.78 Å². The third-order valence-electron chi connectivity index (χ3n) is 6.55. The Morgan fingerprint density at radius 3 is 2.85 bits per heavy atom. The van der Waals surface area contributed by atoms with Crippen molar-refractivity contribution in [2.75, 3.05) is 0 Å². The summed E-state index contributed by atoms with van der Waals surface area (Å²) >= 11 is 0. The van der Waals surface area contributed by atoms with Gasteiger partial charge in [-0.1, -0.05) is 12.1 Å². The van der Waals surface area contributed by atoms with Crippen LogP contribution >= 0.6 is 0 Å². The Hall–Kier alpha value is -4.02. The number of rotatable bonds is 3. The lowest BCUT2D eigenvalue weighted by Crippen LogP contribution is -2.08. The monoisotopic (exact) mass is 452 g/mol. The molecule has 0 amide bonds. The number of imidazole rings is 1. The molecule has 1 aliphatic carbocycles. The molecule has 6 rings (SSSR count). The number of aliphatic hydroxyl groups excluding tert-OH is 1. The number of nitrogens with zero attached hydrogens (tertiary/aromatic N) is 4. The number of benzene rings is 2. The van der Waals surface area contributed by atoms with Crippen LogP contribution in [0.3, 0.4) is 0 Å². The molecule has 1 saturated carbocycles. The average molecular weight is 452 g/mol. The summed E-state index contributed by atoms with van der Waals surface area (Å²) in [5, 5.41) is 21.2. The molecular formula is C27H21FN4O2. The van der Waals surface area contributed by atoms with Crippen LogP contribution in [0.2, 0.25) is 0 Å². The van der Waals surface area contributed by atoms with E-state index in [1.165, 1.54) is 12.1 Å². The minimum atomic E-state index is -0.910. The van der Waals surface area contributed by atoms with Gasteiger partial charge in [-0.3, -0.25) is 4.40 Å². The van der Waals surface area contributed by atoms with Crippen molar-refractivity contribution in [1.29, 1.82) is 5.26 Å². The summed E-state index contributed by atoms with van der Waals surface area (Å²) in [7, 11) is 0. The minimum absolute atomic E-state index is 0.193. The molecule has 2 aromatic carbocycles. The van der Waals surface area contributed by atoms with Gasteiger partial charge in [-0.05, 0) is 60.7 Å². The van der Waals surface area contributed by atoms with Crippen LogP contribution in [0.1, 0.15) is 65.4 Å². The molecule has 1 unspecified atom stereocenters. The van der Waals surface area contributed by atoms with Crippen LogP contribution in [0.4, 0.5) is 4.39 Å². The Labute approximate surface area is 195 Å². The first-order chi connectivity index (χ1) is 16.5. The number of allylic oxidation sites excluding steroid dienone is 1. The first-order valence-electron chi connectivity index (χ1n) is 11.2. The van der Waals surface area contributed by atoms with Crippen LogP contribution in [0.5, 0.6) is 5.75 Å². The number of ether oxygens (including phenoxy) is 1. The van der Waals surface area contributed by atoms with Crippen LogP contribution in [-0.4, -0.2) is 19.5 Å². The van der Waals surface area contributed by atoms with E-state index in [1.807, 2.05) is 34.9 Å². The van der Waals surface area contributed by atoms with Crippen LogP contribution in [0, 0.1) is 17.1 Å². The van der Waals surface area contributed by atoms with E-state index in [-0.39, 0.29) is 6.61 Å². The van der Waals surface area contributed by atoms with Crippen molar-refractivity contribution in [1.82, 2.24) is 14.4 Å². The maximum atomic E-state index is 13.9. The van der Waals surface area contributed by atoms with E-state index >= 15 is 0 Å². The van der Waals surface area contributed by atoms with Crippen molar-refractivity contribution >= 4 is 11.4 Å². The highest BCUT2D eigenvalue weighted by Gasteiger charge is 2.33. The second-order valence-electron chi connectivity index (χ2n) is 8.81. The third-order valence-corrected chi connectivity index (χ3v) is 6.55. The van der Waals surface area contributed by atoms with Crippen molar-refractivity contribution in [2.24, 2.45) is 0 Å². The molecule has 1 fully saturated rings. The minimum Gasteiger partial charge on any atom is -0.488 e. The van der Waals surface area contributed by atoms with Gasteiger partial charge in [0, 0.05) is 41.1 Å². The van der Waals surface area contributed by atoms with E-state index in [2.05, 4.69) is 11.1 Å². The predicted octanol–water partition coefficient (Wildman–Crippen LogP) is 5.07. The quantitative estimate of drug-likeness (QED) is 0.439. The van der Waals surface area contributed by atoms with Gasteiger partial charge in [0.05, 0.1) is 17.5 Å². The van der Waals surface area contributed by atoms with Gasteiger partial charge in [0.25, 0.3) is 0 Å². The lowest BCUT2D eigenvalue weighted by Gasteiger charge is -2.16. The molecule has 0 saturated heterocycles. The molecule has 1 aliphatic heterocycles. The first-order valence-corrected chi connectivity index (χ1v) is 11.2. The van der Waals surface area contributed by atoms with Gasteiger partial charge in [0.15, 0.2) is 0 Å². The highest BCUT2D eigenvalue weighted by molar-refractivity contribution is 5.88. The molecule has 7 heteroatoms. The fraction of sp³-hybridized carbons (Fsp3) is 0.222. The average Bonchev–Trinajstić information content (AvgIpc) is 3.65. The second kappa shape index (κ2) is 7.79. The van der Waals surface area contributed by atoms with Gasteiger partial charge < -0.3 is 9.84 Å². The fourth-order valence-electron chi connectivity index (χ4n) is 4.74. The predicted molar refractivity (Wildman–Crippen MR) is 124 cm³/mol. The summed E-state index contributed by atoms with van der Waals surface area (Å²) in [6, 6.07) is 14.1. The van der Waals surface area contributed by atoms with Crippen molar-refractivity contribution < 1.29 is 14.2 Å². The Morgan fingerprint density at radius 2 is 2.06 bits per heavy atom. The number of fused-ring (bicyclic) bond motifs is 3. The van der Waals surface area contributed by atoms with E-state index in [0.717, 1.165) is 35.4 Å². The topological polar surface area (TPSA) is 83.4 Å². The third kappa shape index (κ3) is 3.27. The van der Waals surface area contributed by atoms with Gasteiger partial charge in [-0.15, -0.1) is 0 Å². The van der Waals surface area contributed by atoms with Crippen LogP contribution in [0.25, 0.3) is 11.4 Å². The molecule has 0 radical (unpaired) electrons. The van der Waals surface area contributed by atoms with Crippen molar-refractivity contribution in [3.05, 3.63) is 99.9 Å². The molecule has 0 spiro atoms. The lowest BCUT2D eigenvalue weighted by molar-refractivity contribution is 0.212. The number of aromatic nitrogens is 3. The summed E-state index contributed by atoms with van der Waals surface area (Å²) in [6.45, 7) is 1.94. The zero-order chi connectivity index (χ0) is 23.4. The van der Waals surface area contributed by atoms with E-state index < -0.39 is 11.9 Å². The first kappa shape index (κ1) is 20.6. The molecule has 34 heavy (non-hydrogen) atoms. The molecule has 2 aliphatic rings. The molecule has 6 nitrogen and oxygen atoms in total. The van der Waals surface area contributed by atoms with Crippen molar-refractivity contribution in [3.8, 4) is 11.8 Å². The van der Waals surface area contributed by atoms with Crippen LogP contribution in [0.15, 0.2) is 60.4 Å². The maximum absolute atomic E-state index is 13.9. The number of hydrogen-bond donors (Lipinski definition) is 1. The van der Waals surface area contributed by atoms with Crippen LogP contribution < -0.4 is 4.74 Å². The molecule has 0 bridgehead atoms. The van der Waals surface area contributed by atoms with Crippen LogP contribution in [-0.2, 0) is 6.61 Å². The Morgan fingerprint density at radius 1 is 1.24 bits per heavy atom. The van der Waals surface area contributed by atoms with Gasteiger partial charge in [0.1, 0.15) is 24.3 Å². The molecule has 1 atom stereocenters. The molecule has 2 aromatic heterocycles. The largest absolute Gasteiger partial charge is 0.488 e. The molecule has 4 aromatic rings. The van der Waals surface area contributed by atoms with Gasteiger partial charge in [-0.25, -0.2) is 14.4 Å². The SMILES string of the molecule is CC(C#N)=C1c2ccc(C(O)c3c(C4CC4)nc4ncccn34)cc2COc2cc(F)ccc21. The summed E-state index contributed by atoms with van der Waals surface area (Å²) in [5.41, 5.74) is 5.87. The number of hydrogen-bond acceptors (Lipinski definition) is 5. The Bertz CT molecular complexity index is 1530. The molecule has 1 N–H and O–H groups in total. The van der Waals surface area contributed by atoms with Gasteiger partial charge >= 0.3 is 0 Å². The summed E-state index contributed by atoms with van der Waals surface area (Å²) in [6.07, 6.45) is 4.76. The smallest absolute Gasteiger partial charge is 0.234 e. The number of halogens is 1. The molecule has 3 heterocycles. The van der Waals surface area contributed by atoms with E-state index in [1.54, 1.807) is 19.2 Å². The lowest BCUT2D eigenvalue weighted by atomic mass is 9.89. The molecule has 168 valence electrons. The van der Waals surface area contributed by atoms with Crippen molar-refractivity contribution in [3.63, 3.8) is 0 Å². The standard InChI is InChI=1S/C27H21FN4O2/c1-15(13-29)23-20-7-5-17(11-18(20)14-34-22-12-19(28)6-8-21(22)23)26(33)25-24(16-3-4-16)31-27-30-9-2-10-32(25)27/h2,5-12,16,26,33H,3-4,14H2,1H3. The summed E-state index contributed by atoms with van der Waals surface area (Å²) in [4.78, 5) is 9.05. The van der Waals surface area contributed by atoms with E-state index in [9.17, 15) is 14.8 Å².